The molecular formula is C22H36N2O4. The second-order valence-electron chi connectivity index (χ2n) is 10.0. The number of nitrogens with one attached hydrogen (secondary N) is 1. The van der Waals surface area contributed by atoms with Crippen molar-refractivity contribution in [2.75, 3.05) is 13.2 Å². The Hall–Kier alpha value is -1.59. The van der Waals surface area contributed by atoms with Gasteiger partial charge >= 0.3 is 5.97 Å². The van der Waals surface area contributed by atoms with Crippen LogP contribution < -0.4 is 5.32 Å². The Labute approximate surface area is 168 Å². The highest BCUT2D eigenvalue weighted by Gasteiger charge is 2.51. The van der Waals surface area contributed by atoms with Crippen molar-refractivity contribution in [2.45, 2.75) is 84.7 Å². The third kappa shape index (κ3) is 4.87. The molecule has 0 aromatic carbocycles. The normalized spacial score (nSPS) is 30.6. The molecule has 0 heterocycles. The van der Waals surface area contributed by atoms with Crippen molar-refractivity contribution in [1.82, 2.24) is 10.2 Å². The zero-order valence-corrected chi connectivity index (χ0v) is 17.8. The maximum Gasteiger partial charge on any atom is 0.325 e. The van der Waals surface area contributed by atoms with E-state index in [0.29, 0.717) is 6.42 Å². The Morgan fingerprint density at radius 3 is 1.93 bits per heavy atom. The first-order valence-electron chi connectivity index (χ1n) is 10.9. The molecule has 28 heavy (non-hydrogen) atoms. The van der Waals surface area contributed by atoms with Crippen LogP contribution in [0.25, 0.3) is 0 Å². The van der Waals surface area contributed by atoms with Crippen LogP contribution in [-0.2, 0) is 19.1 Å². The molecule has 6 heteroatoms. The molecule has 4 bridgehead atoms. The fourth-order valence-corrected chi connectivity index (χ4v) is 6.52. The van der Waals surface area contributed by atoms with Crippen molar-refractivity contribution < 1.29 is 19.1 Å². The van der Waals surface area contributed by atoms with E-state index in [-0.39, 0.29) is 42.5 Å². The Morgan fingerprint density at radius 2 is 1.46 bits per heavy atom. The minimum Gasteiger partial charge on any atom is -0.454 e. The molecule has 2 amide bonds. The van der Waals surface area contributed by atoms with Crippen LogP contribution in [0.15, 0.2) is 0 Å². The summed E-state index contributed by atoms with van der Waals surface area (Å²) >= 11 is 0. The Kier molecular flexibility index (Phi) is 6.35. The van der Waals surface area contributed by atoms with Crippen molar-refractivity contribution >= 4 is 17.8 Å². The molecule has 0 unspecified atom stereocenters. The van der Waals surface area contributed by atoms with Crippen LogP contribution in [-0.4, -0.2) is 47.9 Å². The molecule has 0 aliphatic heterocycles. The number of ether oxygens (including phenoxy) is 1. The molecular weight excluding hydrogens is 356 g/mol. The van der Waals surface area contributed by atoms with Gasteiger partial charge in [-0.2, -0.15) is 0 Å². The van der Waals surface area contributed by atoms with Crippen LogP contribution in [0.1, 0.15) is 72.6 Å². The third-order valence-electron chi connectivity index (χ3n) is 6.89. The quantitative estimate of drug-likeness (QED) is 0.645. The number of hydrogen-bond donors (Lipinski definition) is 1. The molecule has 1 N–H and O–H groups in total. The molecule has 4 saturated carbocycles. The lowest BCUT2D eigenvalue weighted by Gasteiger charge is -2.56. The lowest BCUT2D eigenvalue weighted by Crippen LogP contribution is -2.48. The van der Waals surface area contributed by atoms with E-state index >= 15 is 0 Å². The van der Waals surface area contributed by atoms with Gasteiger partial charge in [0.15, 0.2) is 6.61 Å². The first-order chi connectivity index (χ1) is 13.2. The largest absolute Gasteiger partial charge is 0.454 e. The van der Waals surface area contributed by atoms with Gasteiger partial charge in [-0.3, -0.25) is 14.4 Å². The highest BCUT2D eigenvalue weighted by atomic mass is 16.5. The summed E-state index contributed by atoms with van der Waals surface area (Å²) in [7, 11) is 0. The van der Waals surface area contributed by atoms with Gasteiger partial charge in [0.05, 0.1) is 0 Å². The second kappa shape index (κ2) is 8.42. The molecule has 0 aromatic rings. The monoisotopic (exact) mass is 392 g/mol. The van der Waals surface area contributed by atoms with Crippen molar-refractivity contribution in [2.24, 2.45) is 23.2 Å². The fraction of sp³-hybridized carbons (Fsp3) is 0.864. The van der Waals surface area contributed by atoms with Crippen molar-refractivity contribution in [1.29, 1.82) is 0 Å². The number of esters is 1. The second-order valence-corrected chi connectivity index (χ2v) is 10.0. The summed E-state index contributed by atoms with van der Waals surface area (Å²) in [6.07, 6.45) is 8.10. The minimum absolute atomic E-state index is 0.0474. The standard InChI is InChI=1S/C22H36N2O4/c1-14(2)24(15(3)4)20(26)13-28-21(27)12-23-19(25)11-22-8-16-5-17(9-22)7-18(6-16)10-22/h14-18H,5-13H2,1-4H3,(H,23,25). The average molecular weight is 393 g/mol. The summed E-state index contributed by atoms with van der Waals surface area (Å²) in [6.45, 7) is 7.30. The molecule has 158 valence electrons. The molecule has 0 saturated heterocycles. The van der Waals surface area contributed by atoms with Gasteiger partial charge in [-0.15, -0.1) is 0 Å². The molecule has 0 radical (unpaired) electrons. The van der Waals surface area contributed by atoms with Crippen molar-refractivity contribution in [3.8, 4) is 0 Å². The summed E-state index contributed by atoms with van der Waals surface area (Å²) < 4.78 is 5.08. The maximum atomic E-state index is 12.5. The molecule has 4 rings (SSSR count). The van der Waals surface area contributed by atoms with Gasteiger partial charge in [-0.05, 0) is 89.4 Å². The predicted molar refractivity (Wildman–Crippen MR) is 106 cm³/mol. The van der Waals surface area contributed by atoms with Gasteiger partial charge < -0.3 is 15.0 Å². The van der Waals surface area contributed by atoms with Crippen LogP contribution in [0.5, 0.6) is 0 Å². The van der Waals surface area contributed by atoms with E-state index in [2.05, 4.69) is 5.32 Å². The average Bonchev–Trinajstić information content (AvgIpc) is 2.55. The highest BCUT2D eigenvalue weighted by molar-refractivity contribution is 5.84. The number of carbonyl (C=O) groups is 3. The van der Waals surface area contributed by atoms with Gasteiger partial charge in [0.1, 0.15) is 6.54 Å². The van der Waals surface area contributed by atoms with Crippen LogP contribution in [0, 0.1) is 23.2 Å². The summed E-state index contributed by atoms with van der Waals surface area (Å²) in [4.78, 5) is 38.4. The summed E-state index contributed by atoms with van der Waals surface area (Å²) in [5.41, 5.74) is 0.160. The van der Waals surface area contributed by atoms with Crippen LogP contribution >= 0.6 is 0 Å². The predicted octanol–water partition coefficient (Wildman–Crippen LogP) is 2.90. The zero-order chi connectivity index (χ0) is 20.5. The summed E-state index contributed by atoms with van der Waals surface area (Å²) in [6, 6.07) is 0.0948. The van der Waals surface area contributed by atoms with Gasteiger partial charge in [-0.25, -0.2) is 0 Å². The Balaban J connectivity index is 1.40. The Morgan fingerprint density at radius 1 is 0.964 bits per heavy atom. The van der Waals surface area contributed by atoms with E-state index in [0.717, 1.165) is 17.8 Å². The minimum atomic E-state index is -0.556. The number of hydrogen-bond acceptors (Lipinski definition) is 4. The summed E-state index contributed by atoms with van der Waals surface area (Å²) in [5, 5.41) is 2.72. The molecule has 0 aromatic heterocycles. The maximum absolute atomic E-state index is 12.5. The van der Waals surface area contributed by atoms with Gasteiger partial charge in [0.2, 0.25) is 5.91 Å². The fourth-order valence-electron chi connectivity index (χ4n) is 6.52. The molecule has 4 aliphatic carbocycles. The molecule has 4 aliphatic rings. The van der Waals surface area contributed by atoms with E-state index in [1.165, 1.54) is 38.5 Å². The van der Waals surface area contributed by atoms with Gasteiger partial charge in [-0.1, -0.05) is 0 Å². The molecule has 0 atom stereocenters. The number of nitrogens with zero attached hydrogens (tertiary/aromatic N) is 1. The first-order valence-corrected chi connectivity index (χ1v) is 10.9. The lowest BCUT2D eigenvalue weighted by atomic mass is 9.49. The SMILES string of the molecule is CC(C)N(C(=O)COC(=O)CNC(=O)CC12CC3CC(CC(C3)C1)C2)C(C)C. The van der Waals surface area contributed by atoms with E-state index in [9.17, 15) is 14.4 Å². The van der Waals surface area contributed by atoms with E-state index in [1.54, 1.807) is 4.90 Å². The zero-order valence-electron chi connectivity index (χ0n) is 17.8. The number of rotatable bonds is 8. The molecule has 0 spiro atoms. The van der Waals surface area contributed by atoms with Crippen molar-refractivity contribution in [3.63, 3.8) is 0 Å². The topological polar surface area (TPSA) is 75.7 Å². The van der Waals surface area contributed by atoms with Crippen LogP contribution in [0.4, 0.5) is 0 Å². The van der Waals surface area contributed by atoms with Crippen LogP contribution in [0.2, 0.25) is 0 Å². The highest BCUT2D eigenvalue weighted by Crippen LogP contribution is 2.61. The number of carbonyl (C=O) groups excluding carboxylic acids is 3. The Bertz CT molecular complexity index is 570. The number of amides is 2. The third-order valence-corrected chi connectivity index (χ3v) is 6.89. The van der Waals surface area contributed by atoms with Gasteiger partial charge in [0, 0.05) is 18.5 Å². The van der Waals surface area contributed by atoms with Gasteiger partial charge in [0.25, 0.3) is 5.91 Å². The smallest absolute Gasteiger partial charge is 0.325 e. The molecule has 4 fully saturated rings. The van der Waals surface area contributed by atoms with E-state index in [4.69, 9.17) is 4.74 Å². The van der Waals surface area contributed by atoms with E-state index < -0.39 is 5.97 Å². The van der Waals surface area contributed by atoms with E-state index in [1.807, 2.05) is 27.7 Å². The first kappa shape index (κ1) is 21.1. The summed E-state index contributed by atoms with van der Waals surface area (Å²) in [5.74, 6) is 1.59. The van der Waals surface area contributed by atoms with Crippen molar-refractivity contribution in [3.05, 3.63) is 0 Å². The lowest BCUT2D eigenvalue weighted by molar-refractivity contribution is -0.153. The van der Waals surface area contributed by atoms with Crippen LogP contribution in [0.3, 0.4) is 0 Å². The molecule has 6 nitrogen and oxygen atoms in total.